The first-order valence-corrected chi connectivity index (χ1v) is 12.6. The smallest absolute Gasteiger partial charge is 0.243 e. The second-order valence-corrected chi connectivity index (χ2v) is 8.76. The number of nitrogens with zero attached hydrogens (tertiary/aromatic N) is 1. The topological polar surface area (TPSA) is 58.6 Å². The lowest BCUT2D eigenvalue weighted by atomic mass is 10.0. The molecule has 0 aliphatic rings. The molecule has 36 heavy (non-hydrogen) atoms. The van der Waals surface area contributed by atoms with Crippen LogP contribution in [0.4, 0.5) is 4.39 Å². The Bertz CT molecular complexity index is 1060. The molecule has 0 unspecified atom stereocenters. The lowest BCUT2D eigenvalue weighted by Crippen LogP contribution is -2.50. The zero-order chi connectivity index (χ0) is 25.6. The van der Waals surface area contributed by atoms with Crippen molar-refractivity contribution in [1.82, 2.24) is 10.2 Å². The van der Waals surface area contributed by atoms with Crippen molar-refractivity contribution in [1.29, 1.82) is 0 Å². The third kappa shape index (κ3) is 8.84. The molecule has 190 valence electrons. The summed E-state index contributed by atoms with van der Waals surface area (Å²) in [4.78, 5) is 28.5. The van der Waals surface area contributed by atoms with E-state index in [9.17, 15) is 14.0 Å². The highest BCUT2D eigenvalue weighted by molar-refractivity contribution is 5.88. The van der Waals surface area contributed by atoms with Gasteiger partial charge in [-0.05, 0) is 48.2 Å². The van der Waals surface area contributed by atoms with Gasteiger partial charge in [0.25, 0.3) is 0 Å². The molecule has 0 bridgehead atoms. The van der Waals surface area contributed by atoms with Gasteiger partial charge in [0.05, 0.1) is 6.61 Å². The molecule has 0 aromatic heterocycles. The maximum atomic E-state index is 13.5. The third-order valence-electron chi connectivity index (χ3n) is 5.91. The number of benzene rings is 3. The Balaban J connectivity index is 1.77. The number of carbonyl (C=O) groups excluding carboxylic acids is 2. The van der Waals surface area contributed by atoms with Gasteiger partial charge in [-0.2, -0.15) is 0 Å². The zero-order valence-electron chi connectivity index (χ0n) is 20.9. The number of rotatable bonds is 14. The van der Waals surface area contributed by atoms with Gasteiger partial charge in [0.2, 0.25) is 11.8 Å². The van der Waals surface area contributed by atoms with Crippen molar-refractivity contribution in [3.63, 3.8) is 0 Å². The molecule has 0 heterocycles. The molecule has 1 atom stereocenters. The molecular formula is C30H35FN2O3. The maximum Gasteiger partial charge on any atom is 0.243 e. The van der Waals surface area contributed by atoms with Crippen molar-refractivity contribution in [2.75, 3.05) is 13.2 Å². The van der Waals surface area contributed by atoms with Crippen molar-refractivity contribution < 1.29 is 18.7 Å². The molecule has 3 aromatic carbocycles. The molecule has 0 aliphatic carbocycles. The van der Waals surface area contributed by atoms with E-state index in [1.807, 2.05) is 60.7 Å². The largest absolute Gasteiger partial charge is 0.494 e. The van der Waals surface area contributed by atoms with Crippen LogP contribution in [0.15, 0.2) is 84.9 Å². The van der Waals surface area contributed by atoms with Crippen LogP contribution in [0.1, 0.15) is 43.7 Å². The van der Waals surface area contributed by atoms with Gasteiger partial charge in [-0.15, -0.1) is 0 Å². The number of hydrogen-bond acceptors (Lipinski definition) is 3. The predicted molar refractivity (Wildman–Crippen MR) is 140 cm³/mol. The summed E-state index contributed by atoms with van der Waals surface area (Å²) in [6.07, 6.45) is 2.98. The minimum absolute atomic E-state index is 0.137. The molecule has 3 rings (SSSR count). The van der Waals surface area contributed by atoms with Gasteiger partial charge in [0, 0.05) is 25.9 Å². The Hall–Kier alpha value is -3.67. The van der Waals surface area contributed by atoms with Crippen molar-refractivity contribution in [3.05, 3.63) is 102 Å². The fraction of sp³-hybridized carbons (Fsp3) is 0.333. The summed E-state index contributed by atoms with van der Waals surface area (Å²) in [6, 6.07) is 24.5. The first-order valence-electron chi connectivity index (χ1n) is 12.6. The molecule has 0 spiro atoms. The highest BCUT2D eigenvalue weighted by Crippen LogP contribution is 2.17. The van der Waals surface area contributed by atoms with E-state index in [1.54, 1.807) is 17.0 Å². The van der Waals surface area contributed by atoms with E-state index >= 15 is 0 Å². The Labute approximate surface area is 213 Å². The second kappa shape index (κ2) is 14.7. The molecule has 2 amide bonds. The second-order valence-electron chi connectivity index (χ2n) is 8.76. The molecule has 0 saturated heterocycles. The van der Waals surface area contributed by atoms with E-state index < -0.39 is 6.04 Å². The first-order chi connectivity index (χ1) is 17.6. The Morgan fingerprint density at radius 3 is 2.22 bits per heavy atom. The van der Waals surface area contributed by atoms with Crippen LogP contribution < -0.4 is 10.1 Å². The van der Waals surface area contributed by atoms with E-state index in [4.69, 9.17) is 4.74 Å². The van der Waals surface area contributed by atoms with Crippen LogP contribution >= 0.6 is 0 Å². The summed E-state index contributed by atoms with van der Waals surface area (Å²) < 4.78 is 19.3. The average molecular weight is 491 g/mol. The summed E-state index contributed by atoms with van der Waals surface area (Å²) in [7, 11) is 0. The van der Waals surface area contributed by atoms with Gasteiger partial charge < -0.3 is 15.0 Å². The minimum atomic E-state index is -0.683. The number of unbranched alkanes of at least 4 members (excludes halogenated alkanes) is 1. The third-order valence-corrected chi connectivity index (χ3v) is 5.91. The SMILES string of the molecule is CCCCNC(=O)[C@H](Cc1ccccc1)N(Cc1ccc(F)cc1)C(=O)CCCOc1ccccc1. The standard InChI is InChI=1S/C30H35FN2O3/c1-2-3-20-32-30(35)28(22-24-11-6-4-7-12-24)33(23-25-16-18-26(31)19-17-25)29(34)15-10-21-36-27-13-8-5-9-14-27/h4-9,11-14,16-19,28H,2-3,10,15,20-23H2,1H3,(H,32,35)/t28-/m0/s1. The molecule has 1 N–H and O–H groups in total. The van der Waals surface area contributed by atoms with Gasteiger partial charge in [0.15, 0.2) is 0 Å². The first kappa shape index (κ1) is 26.9. The monoisotopic (exact) mass is 490 g/mol. The van der Waals surface area contributed by atoms with Crippen LogP contribution in [0.25, 0.3) is 0 Å². The fourth-order valence-electron chi connectivity index (χ4n) is 3.92. The normalized spacial score (nSPS) is 11.5. The van der Waals surface area contributed by atoms with Crippen LogP contribution in [-0.2, 0) is 22.6 Å². The van der Waals surface area contributed by atoms with E-state index in [1.165, 1.54) is 12.1 Å². The molecule has 6 heteroatoms. The molecular weight excluding hydrogens is 455 g/mol. The van der Waals surface area contributed by atoms with Crippen LogP contribution in [0.5, 0.6) is 5.75 Å². The van der Waals surface area contributed by atoms with Gasteiger partial charge in [-0.3, -0.25) is 9.59 Å². The summed E-state index contributed by atoms with van der Waals surface area (Å²) in [6.45, 7) is 3.24. The van der Waals surface area contributed by atoms with Crippen LogP contribution in [-0.4, -0.2) is 35.9 Å². The highest BCUT2D eigenvalue weighted by atomic mass is 19.1. The molecule has 0 aliphatic heterocycles. The zero-order valence-corrected chi connectivity index (χ0v) is 20.9. The van der Waals surface area contributed by atoms with E-state index in [0.717, 1.165) is 29.7 Å². The van der Waals surface area contributed by atoms with Crippen molar-refractivity contribution in [2.45, 2.75) is 51.6 Å². The van der Waals surface area contributed by atoms with Crippen LogP contribution in [0.2, 0.25) is 0 Å². The highest BCUT2D eigenvalue weighted by Gasteiger charge is 2.30. The van der Waals surface area contributed by atoms with Crippen LogP contribution in [0, 0.1) is 5.82 Å². The van der Waals surface area contributed by atoms with Crippen LogP contribution in [0.3, 0.4) is 0 Å². The molecule has 0 radical (unpaired) electrons. The number of para-hydroxylation sites is 1. The van der Waals surface area contributed by atoms with Crippen molar-refractivity contribution in [2.24, 2.45) is 0 Å². The fourth-order valence-corrected chi connectivity index (χ4v) is 3.92. The number of carbonyl (C=O) groups is 2. The summed E-state index contributed by atoms with van der Waals surface area (Å²) in [5.41, 5.74) is 1.74. The van der Waals surface area contributed by atoms with E-state index in [-0.39, 0.29) is 30.6 Å². The van der Waals surface area contributed by atoms with E-state index in [2.05, 4.69) is 12.2 Å². The average Bonchev–Trinajstić information content (AvgIpc) is 2.91. The molecule has 3 aromatic rings. The number of amides is 2. The Morgan fingerprint density at radius 1 is 0.889 bits per heavy atom. The van der Waals surface area contributed by atoms with Gasteiger partial charge >= 0.3 is 0 Å². The van der Waals surface area contributed by atoms with Crippen molar-refractivity contribution in [3.8, 4) is 5.75 Å². The van der Waals surface area contributed by atoms with E-state index in [0.29, 0.717) is 26.0 Å². The molecule has 0 saturated carbocycles. The number of nitrogens with one attached hydrogen (secondary N) is 1. The minimum Gasteiger partial charge on any atom is -0.494 e. The number of halogens is 1. The molecule has 0 fully saturated rings. The van der Waals surface area contributed by atoms with Gasteiger partial charge in [-0.25, -0.2) is 4.39 Å². The van der Waals surface area contributed by atoms with Gasteiger partial charge in [-0.1, -0.05) is 74.0 Å². The maximum absolute atomic E-state index is 13.5. The quantitative estimate of drug-likeness (QED) is 0.302. The Kier molecular flexibility index (Phi) is 11.0. The van der Waals surface area contributed by atoms with Gasteiger partial charge in [0.1, 0.15) is 17.6 Å². The summed E-state index contributed by atoms with van der Waals surface area (Å²) in [5, 5.41) is 3.01. The van der Waals surface area contributed by atoms with Crippen molar-refractivity contribution >= 4 is 11.8 Å². The number of ether oxygens (including phenoxy) is 1. The number of hydrogen-bond donors (Lipinski definition) is 1. The summed E-state index contributed by atoms with van der Waals surface area (Å²) in [5.74, 6) is 0.101. The predicted octanol–water partition coefficient (Wildman–Crippen LogP) is 5.54. The lowest BCUT2D eigenvalue weighted by molar-refractivity contribution is -0.141. The molecule has 5 nitrogen and oxygen atoms in total. The Morgan fingerprint density at radius 2 is 1.56 bits per heavy atom. The summed E-state index contributed by atoms with van der Waals surface area (Å²) >= 11 is 0. The lowest BCUT2D eigenvalue weighted by Gasteiger charge is -2.31.